The van der Waals surface area contributed by atoms with E-state index in [9.17, 15) is 4.79 Å². The predicted molar refractivity (Wildman–Crippen MR) is 101 cm³/mol. The average molecular weight is 362 g/mol. The van der Waals surface area contributed by atoms with Crippen molar-refractivity contribution in [3.8, 4) is 11.5 Å². The van der Waals surface area contributed by atoms with Crippen LogP contribution in [0.2, 0.25) is 0 Å². The number of hydrogen-bond donors (Lipinski definition) is 0. The number of rotatable bonds is 2. The summed E-state index contributed by atoms with van der Waals surface area (Å²) in [6, 6.07) is 13.1. The lowest BCUT2D eigenvalue weighted by Gasteiger charge is -2.43. The Morgan fingerprint density at radius 2 is 1.74 bits per heavy atom. The fourth-order valence-electron chi connectivity index (χ4n) is 5.37. The number of fused-ring (bicyclic) bond motifs is 1. The molecule has 2 atom stereocenters. The van der Waals surface area contributed by atoms with Gasteiger partial charge in [-0.1, -0.05) is 30.3 Å². The van der Waals surface area contributed by atoms with Crippen molar-refractivity contribution in [3.05, 3.63) is 53.1 Å². The molecular formula is C22H22N2O3. The van der Waals surface area contributed by atoms with Gasteiger partial charge in [-0.25, -0.2) is 0 Å². The van der Waals surface area contributed by atoms with Gasteiger partial charge >= 0.3 is 0 Å². The van der Waals surface area contributed by atoms with Crippen LogP contribution in [0.1, 0.15) is 48.0 Å². The highest BCUT2D eigenvalue weighted by Gasteiger charge is 2.43. The number of benzene rings is 2. The second kappa shape index (κ2) is 5.65. The van der Waals surface area contributed by atoms with E-state index in [-0.39, 0.29) is 18.9 Å². The summed E-state index contributed by atoms with van der Waals surface area (Å²) in [6.45, 7) is 2.17. The Morgan fingerprint density at radius 3 is 2.63 bits per heavy atom. The van der Waals surface area contributed by atoms with Crippen molar-refractivity contribution in [1.82, 2.24) is 4.90 Å². The van der Waals surface area contributed by atoms with Gasteiger partial charge in [-0.2, -0.15) is 0 Å². The summed E-state index contributed by atoms with van der Waals surface area (Å²) >= 11 is 0. The van der Waals surface area contributed by atoms with Crippen LogP contribution < -0.4 is 14.4 Å². The fraction of sp³-hybridized carbons (Fsp3) is 0.409. The summed E-state index contributed by atoms with van der Waals surface area (Å²) < 4.78 is 11.5. The Bertz CT molecular complexity index is 941. The molecule has 1 fully saturated rings. The van der Waals surface area contributed by atoms with Gasteiger partial charge in [0.05, 0.1) is 12.1 Å². The molecule has 0 bridgehead atoms. The van der Waals surface area contributed by atoms with E-state index in [1.165, 1.54) is 22.4 Å². The summed E-state index contributed by atoms with van der Waals surface area (Å²) in [5.74, 6) is 2.00. The number of nitrogens with zero attached hydrogens (tertiary/aromatic N) is 2. The van der Waals surface area contributed by atoms with Gasteiger partial charge in [0, 0.05) is 30.8 Å². The van der Waals surface area contributed by atoms with E-state index in [0.29, 0.717) is 12.3 Å². The smallest absolute Gasteiger partial charge is 0.231 e. The van der Waals surface area contributed by atoms with Crippen LogP contribution >= 0.6 is 0 Å². The molecule has 5 nitrogen and oxygen atoms in total. The molecule has 0 aliphatic carbocycles. The van der Waals surface area contributed by atoms with E-state index in [4.69, 9.17) is 9.47 Å². The standard InChI is InChI=1S/C22H22N2O3/c25-20-8-3-10-23(20)17-12-18(16-6-2-7-19-22(16)27-13-26-19)24-11-9-14-4-1-5-15(17)21(14)24/h1-2,4-7,17-18H,3,8-13H2. The molecule has 0 saturated carbocycles. The van der Waals surface area contributed by atoms with E-state index in [0.717, 1.165) is 43.9 Å². The molecular weight excluding hydrogens is 340 g/mol. The molecule has 0 aromatic heterocycles. The van der Waals surface area contributed by atoms with E-state index < -0.39 is 0 Å². The van der Waals surface area contributed by atoms with Crippen molar-refractivity contribution < 1.29 is 14.3 Å². The Morgan fingerprint density at radius 1 is 0.889 bits per heavy atom. The zero-order chi connectivity index (χ0) is 18.0. The molecule has 2 unspecified atom stereocenters. The number of amides is 1. The lowest BCUT2D eigenvalue weighted by Crippen LogP contribution is -2.39. The van der Waals surface area contributed by atoms with Crippen LogP contribution in [0.15, 0.2) is 36.4 Å². The first kappa shape index (κ1) is 15.4. The third-order valence-electron chi connectivity index (χ3n) is 6.51. The lowest BCUT2D eigenvalue weighted by molar-refractivity contribution is -0.130. The first-order valence-corrected chi connectivity index (χ1v) is 9.87. The molecule has 4 aliphatic heterocycles. The fourth-order valence-corrected chi connectivity index (χ4v) is 5.37. The van der Waals surface area contributed by atoms with E-state index in [2.05, 4.69) is 40.1 Å². The van der Waals surface area contributed by atoms with Crippen LogP contribution in [0.3, 0.4) is 0 Å². The largest absolute Gasteiger partial charge is 0.454 e. The number of hydrogen-bond acceptors (Lipinski definition) is 4. The van der Waals surface area contributed by atoms with Gasteiger partial charge < -0.3 is 19.3 Å². The van der Waals surface area contributed by atoms with Crippen LogP contribution in [-0.4, -0.2) is 30.7 Å². The van der Waals surface area contributed by atoms with E-state index >= 15 is 0 Å². The quantitative estimate of drug-likeness (QED) is 0.819. The number of likely N-dealkylation sites (tertiary alicyclic amines) is 1. The molecule has 6 rings (SSSR count). The maximum Gasteiger partial charge on any atom is 0.231 e. The van der Waals surface area contributed by atoms with Crippen LogP contribution in [-0.2, 0) is 11.2 Å². The van der Waals surface area contributed by atoms with Crippen LogP contribution in [0.4, 0.5) is 5.69 Å². The molecule has 5 heteroatoms. The summed E-state index contributed by atoms with van der Waals surface area (Å²) in [4.78, 5) is 17.2. The molecule has 2 aromatic carbocycles. The number of para-hydroxylation sites is 2. The Kier molecular flexibility index (Phi) is 3.22. The van der Waals surface area contributed by atoms with Gasteiger partial charge in [0.25, 0.3) is 0 Å². The highest BCUT2D eigenvalue weighted by atomic mass is 16.7. The van der Waals surface area contributed by atoms with Gasteiger partial charge in [0.2, 0.25) is 12.7 Å². The van der Waals surface area contributed by atoms with Crippen molar-refractivity contribution in [2.75, 3.05) is 24.8 Å². The van der Waals surface area contributed by atoms with Gasteiger partial charge in [-0.05, 0) is 36.5 Å². The van der Waals surface area contributed by atoms with Crippen molar-refractivity contribution in [1.29, 1.82) is 0 Å². The Hall–Kier alpha value is -2.69. The minimum Gasteiger partial charge on any atom is -0.454 e. The molecule has 1 amide bonds. The average Bonchev–Trinajstić information content (AvgIpc) is 3.42. The molecule has 1 saturated heterocycles. The molecule has 0 radical (unpaired) electrons. The minimum absolute atomic E-state index is 0.146. The summed E-state index contributed by atoms with van der Waals surface area (Å²) in [6.07, 6.45) is 3.61. The third kappa shape index (κ3) is 2.14. The summed E-state index contributed by atoms with van der Waals surface area (Å²) in [7, 11) is 0. The maximum atomic E-state index is 12.6. The topological polar surface area (TPSA) is 42.0 Å². The lowest BCUT2D eigenvalue weighted by atomic mass is 9.86. The maximum absolute atomic E-state index is 12.6. The molecule has 4 heterocycles. The van der Waals surface area contributed by atoms with Gasteiger partial charge in [-0.3, -0.25) is 4.79 Å². The zero-order valence-electron chi connectivity index (χ0n) is 15.2. The van der Waals surface area contributed by atoms with Crippen molar-refractivity contribution in [2.45, 2.75) is 37.8 Å². The van der Waals surface area contributed by atoms with E-state index in [1.54, 1.807) is 0 Å². The molecule has 0 N–H and O–H groups in total. The number of carbonyl (C=O) groups is 1. The predicted octanol–water partition coefficient (Wildman–Crippen LogP) is 3.59. The van der Waals surface area contributed by atoms with Crippen LogP contribution in [0.25, 0.3) is 0 Å². The first-order chi connectivity index (χ1) is 13.3. The van der Waals surface area contributed by atoms with Crippen LogP contribution in [0.5, 0.6) is 11.5 Å². The van der Waals surface area contributed by atoms with Crippen LogP contribution in [0, 0.1) is 0 Å². The molecule has 138 valence electrons. The Labute approximate surface area is 158 Å². The minimum atomic E-state index is 0.146. The van der Waals surface area contributed by atoms with Crippen molar-refractivity contribution >= 4 is 11.6 Å². The zero-order valence-corrected chi connectivity index (χ0v) is 15.2. The van der Waals surface area contributed by atoms with Gasteiger partial charge in [-0.15, -0.1) is 0 Å². The monoisotopic (exact) mass is 362 g/mol. The van der Waals surface area contributed by atoms with Gasteiger partial charge in [0.1, 0.15) is 0 Å². The normalized spacial score (nSPS) is 25.3. The second-order valence-electron chi connectivity index (χ2n) is 7.84. The second-order valence-corrected chi connectivity index (χ2v) is 7.84. The van der Waals surface area contributed by atoms with E-state index in [1.807, 2.05) is 6.07 Å². The molecule has 2 aromatic rings. The van der Waals surface area contributed by atoms with Gasteiger partial charge in [0.15, 0.2) is 11.5 Å². The molecule has 0 spiro atoms. The van der Waals surface area contributed by atoms with Crippen molar-refractivity contribution in [3.63, 3.8) is 0 Å². The van der Waals surface area contributed by atoms with Crippen molar-refractivity contribution in [2.24, 2.45) is 0 Å². The molecule has 27 heavy (non-hydrogen) atoms. The first-order valence-electron chi connectivity index (χ1n) is 9.87. The SMILES string of the molecule is O=C1CCCN1C1CC(c2cccc3c2OCO3)N2CCc3cccc1c32. The molecule has 4 aliphatic rings. The summed E-state index contributed by atoms with van der Waals surface area (Å²) in [5, 5.41) is 0. The highest BCUT2D eigenvalue weighted by molar-refractivity contribution is 5.80. The number of anilines is 1. The summed E-state index contributed by atoms with van der Waals surface area (Å²) in [5.41, 5.74) is 5.25. The Balaban J connectivity index is 1.50. The highest BCUT2D eigenvalue weighted by Crippen LogP contribution is 2.53. The number of ether oxygens (including phenoxy) is 2. The number of carbonyl (C=O) groups excluding carboxylic acids is 1. The third-order valence-corrected chi connectivity index (χ3v) is 6.51.